The maximum atomic E-state index is 4.71. The Balaban J connectivity index is 1.62. The Morgan fingerprint density at radius 1 is 1.19 bits per heavy atom. The summed E-state index contributed by atoms with van der Waals surface area (Å²) in [5.74, 6) is 1.10. The lowest BCUT2D eigenvalue weighted by Crippen LogP contribution is -2.19. The van der Waals surface area contributed by atoms with E-state index < -0.39 is 0 Å². The zero-order valence-corrected chi connectivity index (χ0v) is 12.6. The van der Waals surface area contributed by atoms with Crippen molar-refractivity contribution in [3.05, 3.63) is 48.0 Å². The molecule has 0 amide bonds. The van der Waals surface area contributed by atoms with Crippen LogP contribution in [0.4, 0.5) is 0 Å². The van der Waals surface area contributed by atoms with Crippen LogP contribution in [0.25, 0.3) is 11.0 Å². The Morgan fingerprint density at radius 2 is 2.05 bits per heavy atom. The normalized spacial score (nSPS) is 11.3. The van der Waals surface area contributed by atoms with Crippen molar-refractivity contribution in [3.8, 4) is 0 Å². The summed E-state index contributed by atoms with van der Waals surface area (Å²) in [5.41, 5.74) is 3.40. The van der Waals surface area contributed by atoms with Gasteiger partial charge in [0.2, 0.25) is 0 Å². The first kappa shape index (κ1) is 13.8. The average Bonchev–Trinajstić information content (AvgIpc) is 3.06. The summed E-state index contributed by atoms with van der Waals surface area (Å²) in [6, 6.07) is 10.4. The summed E-state index contributed by atoms with van der Waals surface area (Å²) in [4.78, 5) is 4.71. The molecule has 0 aliphatic rings. The van der Waals surface area contributed by atoms with Crippen LogP contribution in [-0.4, -0.2) is 25.9 Å². The summed E-state index contributed by atoms with van der Waals surface area (Å²) < 4.78 is 4.11. The van der Waals surface area contributed by atoms with Crippen molar-refractivity contribution < 1.29 is 0 Å². The lowest BCUT2D eigenvalue weighted by Gasteiger charge is -2.07. The lowest BCUT2D eigenvalue weighted by molar-refractivity contribution is 0.613. The molecule has 1 N–H and O–H groups in total. The number of aromatic nitrogens is 4. The van der Waals surface area contributed by atoms with Crippen molar-refractivity contribution >= 4 is 11.0 Å². The highest BCUT2D eigenvalue weighted by Gasteiger charge is 2.08. The van der Waals surface area contributed by atoms with Gasteiger partial charge in [-0.15, -0.1) is 0 Å². The van der Waals surface area contributed by atoms with Crippen LogP contribution in [0.3, 0.4) is 0 Å². The summed E-state index contributed by atoms with van der Waals surface area (Å²) in [5, 5.41) is 7.84. The Morgan fingerprint density at radius 3 is 2.81 bits per heavy atom. The van der Waals surface area contributed by atoms with Crippen molar-refractivity contribution in [3.63, 3.8) is 0 Å². The van der Waals surface area contributed by atoms with E-state index >= 15 is 0 Å². The van der Waals surface area contributed by atoms with Gasteiger partial charge in [-0.2, -0.15) is 5.10 Å². The molecule has 3 aromatic rings. The lowest BCUT2D eigenvalue weighted by atomic mass is 10.3. The third-order valence-electron chi connectivity index (χ3n) is 3.66. The van der Waals surface area contributed by atoms with Crippen molar-refractivity contribution in [1.29, 1.82) is 0 Å². The highest BCUT2D eigenvalue weighted by Crippen LogP contribution is 2.15. The van der Waals surface area contributed by atoms with E-state index in [4.69, 9.17) is 4.98 Å². The van der Waals surface area contributed by atoms with Crippen LogP contribution in [-0.2, 0) is 26.6 Å². The minimum atomic E-state index is 0.787. The molecular formula is C16H21N5. The van der Waals surface area contributed by atoms with Crippen LogP contribution in [0, 0.1) is 0 Å². The fraction of sp³-hybridized carbons (Fsp3) is 0.375. The number of benzene rings is 1. The number of rotatable bonds is 6. The van der Waals surface area contributed by atoms with Gasteiger partial charge in [-0.05, 0) is 25.1 Å². The summed E-state index contributed by atoms with van der Waals surface area (Å²) in [7, 11) is 1.94. The van der Waals surface area contributed by atoms with E-state index in [1.54, 1.807) is 0 Å². The number of para-hydroxylation sites is 2. The van der Waals surface area contributed by atoms with Gasteiger partial charge in [0.15, 0.2) is 0 Å². The predicted molar refractivity (Wildman–Crippen MR) is 84.0 cm³/mol. The van der Waals surface area contributed by atoms with Crippen LogP contribution in [0.1, 0.15) is 18.4 Å². The number of nitrogens with one attached hydrogen (secondary N) is 1. The fourth-order valence-electron chi connectivity index (χ4n) is 2.63. The van der Waals surface area contributed by atoms with Crippen LogP contribution in [0.15, 0.2) is 36.5 Å². The van der Waals surface area contributed by atoms with Gasteiger partial charge >= 0.3 is 0 Å². The molecule has 2 heterocycles. The minimum absolute atomic E-state index is 0.787. The van der Waals surface area contributed by atoms with E-state index in [2.05, 4.69) is 46.2 Å². The van der Waals surface area contributed by atoms with Gasteiger partial charge in [0.1, 0.15) is 5.82 Å². The molecule has 0 unspecified atom stereocenters. The minimum Gasteiger partial charge on any atom is -0.327 e. The van der Waals surface area contributed by atoms with Crippen LogP contribution in [0.5, 0.6) is 0 Å². The molecule has 3 rings (SSSR count). The molecule has 0 spiro atoms. The molecule has 0 aliphatic heterocycles. The highest BCUT2D eigenvalue weighted by molar-refractivity contribution is 5.75. The number of aryl methyl sites for hydroxylation is 2. The maximum absolute atomic E-state index is 4.71. The predicted octanol–water partition coefficient (Wildman–Crippen LogP) is 2.12. The topological polar surface area (TPSA) is 47.7 Å². The van der Waals surface area contributed by atoms with Crippen LogP contribution >= 0.6 is 0 Å². The van der Waals surface area contributed by atoms with E-state index in [-0.39, 0.29) is 0 Å². The number of nitrogens with zero attached hydrogens (tertiary/aromatic N) is 4. The van der Waals surface area contributed by atoms with Gasteiger partial charge in [-0.1, -0.05) is 12.1 Å². The number of hydrogen-bond donors (Lipinski definition) is 1. The molecule has 1 aromatic carbocycles. The van der Waals surface area contributed by atoms with Crippen LogP contribution in [0.2, 0.25) is 0 Å². The van der Waals surface area contributed by atoms with Crippen molar-refractivity contribution in [2.45, 2.75) is 26.4 Å². The summed E-state index contributed by atoms with van der Waals surface area (Å²) in [6.07, 6.45) is 2.92. The molecule has 0 fully saturated rings. The monoisotopic (exact) mass is 283 g/mol. The van der Waals surface area contributed by atoms with Gasteiger partial charge in [0.05, 0.1) is 23.3 Å². The van der Waals surface area contributed by atoms with Gasteiger partial charge in [-0.3, -0.25) is 4.68 Å². The molecule has 2 aromatic heterocycles. The van der Waals surface area contributed by atoms with Gasteiger partial charge in [-0.25, -0.2) is 4.98 Å². The van der Waals surface area contributed by atoms with E-state index in [0.29, 0.717) is 0 Å². The number of hydrogen-bond acceptors (Lipinski definition) is 3. The van der Waals surface area contributed by atoms with E-state index in [1.807, 2.05) is 24.0 Å². The first-order valence-corrected chi connectivity index (χ1v) is 7.41. The Labute approximate surface area is 124 Å². The molecule has 5 nitrogen and oxygen atoms in total. The number of imidazole rings is 1. The standard InChI is InChI=1S/C16H21N5/c1-3-21-15-7-5-4-6-14(15)18-16(21)12-17-10-8-13-9-11-20(2)19-13/h4-7,9,11,17H,3,8,10,12H2,1-2H3. The molecule has 0 aliphatic carbocycles. The SMILES string of the molecule is CCn1c(CNCCc2ccn(C)n2)nc2ccccc21. The van der Waals surface area contributed by atoms with E-state index in [1.165, 1.54) is 5.52 Å². The van der Waals surface area contributed by atoms with Crippen molar-refractivity contribution in [2.75, 3.05) is 6.54 Å². The first-order chi connectivity index (χ1) is 10.3. The molecule has 0 atom stereocenters. The quantitative estimate of drug-likeness (QED) is 0.705. The molecule has 0 saturated carbocycles. The van der Waals surface area contributed by atoms with Crippen LogP contribution < -0.4 is 5.32 Å². The highest BCUT2D eigenvalue weighted by atomic mass is 15.2. The average molecular weight is 283 g/mol. The third-order valence-corrected chi connectivity index (χ3v) is 3.66. The molecule has 21 heavy (non-hydrogen) atoms. The van der Waals surface area contributed by atoms with Gasteiger partial charge in [0, 0.05) is 32.8 Å². The molecule has 0 radical (unpaired) electrons. The van der Waals surface area contributed by atoms with Crippen molar-refractivity contribution in [2.24, 2.45) is 7.05 Å². The Kier molecular flexibility index (Phi) is 4.01. The zero-order chi connectivity index (χ0) is 14.7. The third kappa shape index (κ3) is 2.97. The largest absolute Gasteiger partial charge is 0.327 e. The molecule has 0 bridgehead atoms. The second-order valence-corrected chi connectivity index (χ2v) is 5.17. The van der Waals surface area contributed by atoms with Gasteiger partial charge < -0.3 is 9.88 Å². The molecular weight excluding hydrogens is 262 g/mol. The number of fused-ring (bicyclic) bond motifs is 1. The van der Waals surface area contributed by atoms with E-state index in [9.17, 15) is 0 Å². The second-order valence-electron chi connectivity index (χ2n) is 5.17. The Hall–Kier alpha value is -2.14. The molecule has 5 heteroatoms. The van der Waals surface area contributed by atoms with Crippen molar-refractivity contribution in [1.82, 2.24) is 24.6 Å². The smallest absolute Gasteiger partial charge is 0.123 e. The fourth-order valence-corrected chi connectivity index (χ4v) is 2.63. The molecule has 110 valence electrons. The summed E-state index contributed by atoms with van der Waals surface area (Å²) in [6.45, 7) is 4.79. The summed E-state index contributed by atoms with van der Waals surface area (Å²) >= 11 is 0. The van der Waals surface area contributed by atoms with Gasteiger partial charge in [0.25, 0.3) is 0 Å². The second kappa shape index (κ2) is 6.10. The first-order valence-electron chi connectivity index (χ1n) is 7.41. The molecule has 0 saturated heterocycles. The Bertz CT molecular complexity index is 725. The van der Waals surface area contributed by atoms with E-state index in [0.717, 1.165) is 43.1 Å². The zero-order valence-electron chi connectivity index (χ0n) is 12.6. The maximum Gasteiger partial charge on any atom is 0.123 e.